The predicted octanol–water partition coefficient (Wildman–Crippen LogP) is 4.47. The Morgan fingerprint density at radius 3 is 2.50 bits per heavy atom. The van der Waals surface area contributed by atoms with Crippen molar-refractivity contribution in [2.24, 2.45) is 0 Å². The Morgan fingerprint density at radius 1 is 1.32 bits per heavy atom. The molecule has 114 valence electrons. The van der Waals surface area contributed by atoms with E-state index in [-0.39, 0.29) is 17.1 Å². The molecule has 0 atom stereocenters. The molecule has 1 N–H and O–H groups in total. The maximum absolute atomic E-state index is 13.2. The summed E-state index contributed by atoms with van der Waals surface area (Å²) in [5.41, 5.74) is 2.89. The van der Waals surface area contributed by atoms with Gasteiger partial charge in [0.25, 0.3) is 0 Å². The molecule has 0 saturated heterocycles. The molecule has 3 nitrogen and oxygen atoms in total. The Labute approximate surface area is 141 Å². The first kappa shape index (κ1) is 15.3. The third kappa shape index (κ3) is 2.69. The maximum atomic E-state index is 13.2. The summed E-state index contributed by atoms with van der Waals surface area (Å²) in [5, 5.41) is 10.3. The van der Waals surface area contributed by atoms with Gasteiger partial charge in [-0.1, -0.05) is 12.1 Å². The van der Waals surface area contributed by atoms with Crippen LogP contribution in [-0.4, -0.2) is 18.2 Å². The number of phenolic OH excluding ortho intramolecular Hbond substituents is 1. The predicted molar refractivity (Wildman–Crippen MR) is 89.5 cm³/mol. The molecule has 0 bridgehead atoms. The molecule has 0 amide bonds. The van der Waals surface area contributed by atoms with Crippen molar-refractivity contribution < 1.29 is 19.0 Å². The topological polar surface area (TPSA) is 46.5 Å². The van der Waals surface area contributed by atoms with Crippen LogP contribution < -0.4 is 0 Å². The van der Waals surface area contributed by atoms with E-state index in [0.29, 0.717) is 9.49 Å². The van der Waals surface area contributed by atoms with Crippen LogP contribution >= 0.6 is 22.6 Å². The molecule has 2 aromatic carbocycles. The van der Waals surface area contributed by atoms with Crippen LogP contribution in [0.4, 0.5) is 4.39 Å². The number of carbonyl (C=O) groups excluding carboxylic acids is 1. The molecule has 0 heterocycles. The standard InChI is InChI=1S/C17H14FIO3/c1-22-17(21)13-8-12(9-2-3-9)14(15(19)16(13)20)10-4-6-11(18)7-5-10/h4-9,20H,2-3H2,1H3. The summed E-state index contributed by atoms with van der Waals surface area (Å²) in [4.78, 5) is 11.8. The second kappa shape index (κ2) is 5.87. The lowest BCUT2D eigenvalue weighted by atomic mass is 9.94. The van der Waals surface area contributed by atoms with Gasteiger partial charge in [-0.3, -0.25) is 0 Å². The van der Waals surface area contributed by atoms with Gasteiger partial charge in [0, 0.05) is 5.56 Å². The minimum atomic E-state index is -0.553. The number of carbonyl (C=O) groups is 1. The zero-order valence-corrected chi connectivity index (χ0v) is 14.1. The Bertz CT molecular complexity index is 737. The van der Waals surface area contributed by atoms with Crippen LogP contribution in [0.1, 0.15) is 34.7 Å². The number of hydrogen-bond donors (Lipinski definition) is 1. The van der Waals surface area contributed by atoms with Crippen LogP contribution in [0.25, 0.3) is 11.1 Å². The average molecular weight is 412 g/mol. The van der Waals surface area contributed by atoms with E-state index >= 15 is 0 Å². The highest BCUT2D eigenvalue weighted by atomic mass is 127. The molecule has 1 aliphatic carbocycles. The van der Waals surface area contributed by atoms with E-state index in [0.717, 1.165) is 29.5 Å². The third-order valence-electron chi connectivity index (χ3n) is 3.83. The quantitative estimate of drug-likeness (QED) is 0.598. The van der Waals surface area contributed by atoms with E-state index in [4.69, 9.17) is 4.74 Å². The summed E-state index contributed by atoms with van der Waals surface area (Å²) in [6.07, 6.45) is 2.10. The number of esters is 1. The van der Waals surface area contributed by atoms with Crippen molar-refractivity contribution in [2.45, 2.75) is 18.8 Å². The highest BCUT2D eigenvalue weighted by Crippen LogP contribution is 2.48. The van der Waals surface area contributed by atoms with E-state index in [1.807, 2.05) is 22.6 Å². The van der Waals surface area contributed by atoms with Gasteiger partial charge in [-0.15, -0.1) is 0 Å². The first-order chi connectivity index (χ1) is 10.5. The van der Waals surface area contributed by atoms with Gasteiger partial charge >= 0.3 is 5.97 Å². The number of aromatic hydroxyl groups is 1. The van der Waals surface area contributed by atoms with Crippen molar-refractivity contribution in [3.63, 3.8) is 0 Å². The zero-order chi connectivity index (χ0) is 15.9. The molecular weight excluding hydrogens is 398 g/mol. The Hall–Kier alpha value is -1.63. The third-order valence-corrected chi connectivity index (χ3v) is 4.88. The van der Waals surface area contributed by atoms with Crippen LogP contribution in [0.2, 0.25) is 0 Å². The molecule has 3 rings (SSSR count). The minimum Gasteiger partial charge on any atom is -0.506 e. The fourth-order valence-electron chi connectivity index (χ4n) is 2.55. The number of rotatable bonds is 3. The molecule has 0 radical (unpaired) electrons. The molecule has 1 fully saturated rings. The fourth-order valence-corrected chi connectivity index (χ4v) is 3.46. The van der Waals surface area contributed by atoms with E-state index < -0.39 is 5.97 Å². The second-order valence-electron chi connectivity index (χ2n) is 5.32. The SMILES string of the molecule is COC(=O)c1cc(C2CC2)c(-c2ccc(F)cc2)c(I)c1O. The zero-order valence-electron chi connectivity index (χ0n) is 11.9. The van der Waals surface area contributed by atoms with E-state index in [1.165, 1.54) is 19.2 Å². The number of benzene rings is 2. The molecule has 0 unspecified atom stereocenters. The Balaban J connectivity index is 2.22. The lowest BCUT2D eigenvalue weighted by molar-refractivity contribution is 0.0597. The summed E-state index contributed by atoms with van der Waals surface area (Å²) in [5.74, 6) is -0.571. The van der Waals surface area contributed by atoms with Crippen molar-refractivity contribution in [3.05, 3.63) is 50.8 Å². The van der Waals surface area contributed by atoms with E-state index in [2.05, 4.69) is 0 Å². The maximum Gasteiger partial charge on any atom is 0.341 e. The van der Waals surface area contributed by atoms with Gasteiger partial charge < -0.3 is 9.84 Å². The van der Waals surface area contributed by atoms with Gasteiger partial charge in [-0.05, 0) is 70.7 Å². The fraction of sp³-hybridized carbons (Fsp3) is 0.235. The highest BCUT2D eigenvalue weighted by molar-refractivity contribution is 14.1. The summed E-state index contributed by atoms with van der Waals surface area (Å²) >= 11 is 2.03. The monoisotopic (exact) mass is 412 g/mol. The largest absolute Gasteiger partial charge is 0.506 e. The van der Waals surface area contributed by atoms with Gasteiger partial charge in [-0.2, -0.15) is 0 Å². The van der Waals surface area contributed by atoms with Gasteiger partial charge in [0.15, 0.2) is 0 Å². The number of hydrogen-bond acceptors (Lipinski definition) is 3. The molecule has 22 heavy (non-hydrogen) atoms. The number of ether oxygens (including phenoxy) is 1. The van der Waals surface area contributed by atoms with Crippen LogP contribution in [-0.2, 0) is 4.74 Å². The van der Waals surface area contributed by atoms with Crippen molar-refractivity contribution in [1.82, 2.24) is 0 Å². The first-order valence-corrected chi connectivity index (χ1v) is 8.00. The summed E-state index contributed by atoms with van der Waals surface area (Å²) in [6.45, 7) is 0. The van der Waals surface area contributed by atoms with Gasteiger partial charge in [0.1, 0.15) is 17.1 Å². The van der Waals surface area contributed by atoms with E-state index in [9.17, 15) is 14.3 Å². The lowest BCUT2D eigenvalue weighted by Gasteiger charge is -2.16. The minimum absolute atomic E-state index is 0.0869. The van der Waals surface area contributed by atoms with E-state index in [1.54, 1.807) is 18.2 Å². The van der Waals surface area contributed by atoms with Crippen molar-refractivity contribution in [2.75, 3.05) is 7.11 Å². The van der Waals surface area contributed by atoms with Gasteiger partial charge in [-0.25, -0.2) is 9.18 Å². The summed E-state index contributed by atoms with van der Waals surface area (Å²) in [6, 6.07) is 7.88. The molecule has 5 heteroatoms. The molecule has 1 saturated carbocycles. The number of phenols is 1. The van der Waals surface area contributed by atoms with Crippen LogP contribution in [0.3, 0.4) is 0 Å². The molecule has 0 aromatic heterocycles. The van der Waals surface area contributed by atoms with Crippen LogP contribution in [0.5, 0.6) is 5.75 Å². The number of halogens is 2. The summed E-state index contributed by atoms with van der Waals surface area (Å²) < 4.78 is 18.5. The Kier molecular flexibility index (Phi) is 4.08. The van der Waals surface area contributed by atoms with Crippen LogP contribution in [0, 0.1) is 9.39 Å². The second-order valence-corrected chi connectivity index (χ2v) is 6.40. The van der Waals surface area contributed by atoms with Crippen molar-refractivity contribution >= 4 is 28.6 Å². The lowest BCUT2D eigenvalue weighted by Crippen LogP contribution is -2.05. The summed E-state index contributed by atoms with van der Waals surface area (Å²) in [7, 11) is 1.29. The van der Waals surface area contributed by atoms with Gasteiger partial charge in [0.2, 0.25) is 0 Å². The van der Waals surface area contributed by atoms with Gasteiger partial charge in [0.05, 0.1) is 10.7 Å². The molecule has 0 aliphatic heterocycles. The molecule has 1 aliphatic rings. The normalized spacial score (nSPS) is 14.0. The average Bonchev–Trinajstić information content (AvgIpc) is 3.35. The molecule has 2 aromatic rings. The molecule has 0 spiro atoms. The van der Waals surface area contributed by atoms with Crippen molar-refractivity contribution in [3.8, 4) is 16.9 Å². The number of methoxy groups -OCH3 is 1. The molecular formula is C17H14FIO3. The smallest absolute Gasteiger partial charge is 0.341 e. The Morgan fingerprint density at radius 2 is 1.95 bits per heavy atom. The van der Waals surface area contributed by atoms with Crippen molar-refractivity contribution in [1.29, 1.82) is 0 Å². The van der Waals surface area contributed by atoms with Crippen LogP contribution in [0.15, 0.2) is 30.3 Å². The highest BCUT2D eigenvalue weighted by Gasteiger charge is 2.31. The first-order valence-electron chi connectivity index (χ1n) is 6.92.